The molecule has 0 spiro atoms. The van der Waals surface area contributed by atoms with Gasteiger partial charge in [-0.1, -0.05) is 12.1 Å². The number of carboxylic acid groups (broad SMARTS) is 1. The fraction of sp³-hybridized carbons (Fsp3) is 0.462. The van der Waals surface area contributed by atoms with E-state index >= 15 is 0 Å². The van der Waals surface area contributed by atoms with E-state index in [1.54, 1.807) is 45.2 Å². The summed E-state index contributed by atoms with van der Waals surface area (Å²) in [5.74, 6) is 0.707. The number of carbonyl (C=O) groups is 1. The molecule has 4 rings (SSSR count). The van der Waals surface area contributed by atoms with Crippen LogP contribution in [-0.2, 0) is 10.0 Å². The number of rotatable bonds is 8. The number of ether oxygens (including phenoxy) is 2. The molecule has 39 heavy (non-hydrogen) atoms. The number of thiazole rings is 1. The summed E-state index contributed by atoms with van der Waals surface area (Å²) in [6.45, 7) is 5.36. The van der Waals surface area contributed by atoms with E-state index in [1.807, 2.05) is 6.07 Å². The highest BCUT2D eigenvalue weighted by atomic mass is 32.2. The second-order valence-electron chi connectivity index (χ2n) is 10.4. The number of hydrogen-bond acceptors (Lipinski definition) is 9. The predicted octanol–water partition coefficient (Wildman–Crippen LogP) is 4.65. The van der Waals surface area contributed by atoms with Gasteiger partial charge in [0.2, 0.25) is 21.8 Å². The Kier molecular flexibility index (Phi) is 8.42. The molecule has 3 aromatic rings. The van der Waals surface area contributed by atoms with Gasteiger partial charge in [0.15, 0.2) is 0 Å². The Labute approximate surface area is 232 Å². The van der Waals surface area contributed by atoms with Gasteiger partial charge in [-0.05, 0) is 58.1 Å². The van der Waals surface area contributed by atoms with Crippen LogP contribution in [-0.4, -0.2) is 60.6 Å². The third kappa shape index (κ3) is 6.84. The molecule has 2 aromatic heterocycles. The SMILES string of the molecule is COc1cc(-c2ccc(-c3cnc(C4CCC(NC(=O)O)CC4)s3)c(S(=O)(=O)NC(C)(C)C)c2)c(OC)nn1. The van der Waals surface area contributed by atoms with Crippen LogP contribution >= 0.6 is 11.3 Å². The largest absolute Gasteiger partial charge is 0.480 e. The summed E-state index contributed by atoms with van der Waals surface area (Å²) in [5.41, 5.74) is 0.951. The number of aromatic nitrogens is 3. The highest BCUT2D eigenvalue weighted by Crippen LogP contribution is 2.41. The second kappa shape index (κ2) is 11.4. The zero-order valence-electron chi connectivity index (χ0n) is 22.5. The van der Waals surface area contributed by atoms with Gasteiger partial charge in [-0.2, -0.15) is 0 Å². The Hall–Kier alpha value is -3.29. The molecule has 0 unspecified atom stereocenters. The first kappa shape index (κ1) is 28.7. The Morgan fingerprint density at radius 3 is 2.38 bits per heavy atom. The van der Waals surface area contributed by atoms with Crippen LogP contribution in [0.25, 0.3) is 21.6 Å². The van der Waals surface area contributed by atoms with E-state index in [0.29, 0.717) is 16.7 Å². The van der Waals surface area contributed by atoms with Gasteiger partial charge >= 0.3 is 6.09 Å². The van der Waals surface area contributed by atoms with Crippen molar-refractivity contribution in [3.63, 3.8) is 0 Å². The molecule has 1 fully saturated rings. The summed E-state index contributed by atoms with van der Waals surface area (Å²) >= 11 is 1.46. The number of methoxy groups -OCH3 is 2. The maximum Gasteiger partial charge on any atom is 0.404 e. The molecular formula is C26H33N5O6S2. The average molecular weight is 576 g/mol. The summed E-state index contributed by atoms with van der Waals surface area (Å²) < 4.78 is 40.7. The fourth-order valence-electron chi connectivity index (χ4n) is 4.65. The summed E-state index contributed by atoms with van der Waals surface area (Å²) in [6.07, 6.45) is 3.80. The monoisotopic (exact) mass is 575 g/mol. The molecule has 1 aliphatic rings. The lowest BCUT2D eigenvalue weighted by molar-refractivity contribution is 0.185. The van der Waals surface area contributed by atoms with E-state index in [-0.39, 0.29) is 28.6 Å². The van der Waals surface area contributed by atoms with Crippen LogP contribution < -0.4 is 19.5 Å². The Balaban J connectivity index is 1.74. The summed E-state index contributed by atoms with van der Waals surface area (Å²) in [5, 5.41) is 20.5. The van der Waals surface area contributed by atoms with Crippen molar-refractivity contribution >= 4 is 27.5 Å². The first-order chi connectivity index (χ1) is 18.4. The maximum absolute atomic E-state index is 13.7. The molecule has 13 heteroatoms. The third-order valence-corrected chi connectivity index (χ3v) is 9.35. The molecule has 3 N–H and O–H groups in total. The Morgan fingerprint density at radius 2 is 1.77 bits per heavy atom. The number of sulfonamides is 1. The van der Waals surface area contributed by atoms with Crippen molar-refractivity contribution in [1.82, 2.24) is 25.2 Å². The van der Waals surface area contributed by atoms with Gasteiger partial charge in [0.1, 0.15) is 0 Å². The van der Waals surface area contributed by atoms with E-state index in [2.05, 4.69) is 25.2 Å². The topological polar surface area (TPSA) is 153 Å². The van der Waals surface area contributed by atoms with E-state index in [0.717, 1.165) is 35.6 Å². The van der Waals surface area contributed by atoms with Crippen LogP contribution in [0.1, 0.15) is 57.4 Å². The molecule has 0 saturated heterocycles. The average Bonchev–Trinajstić information content (AvgIpc) is 3.37. The molecule has 2 heterocycles. The molecule has 0 radical (unpaired) electrons. The van der Waals surface area contributed by atoms with Crippen LogP contribution in [0.2, 0.25) is 0 Å². The lowest BCUT2D eigenvalue weighted by Crippen LogP contribution is -2.40. The van der Waals surface area contributed by atoms with E-state index in [1.165, 1.54) is 25.6 Å². The van der Waals surface area contributed by atoms with Gasteiger partial charge in [0.05, 0.1) is 34.6 Å². The van der Waals surface area contributed by atoms with Gasteiger partial charge < -0.3 is 19.9 Å². The van der Waals surface area contributed by atoms with Crippen LogP contribution in [0, 0.1) is 0 Å². The van der Waals surface area contributed by atoms with Gasteiger partial charge in [-0.25, -0.2) is 22.9 Å². The molecule has 1 amide bonds. The minimum absolute atomic E-state index is 0.0516. The van der Waals surface area contributed by atoms with Crippen molar-refractivity contribution in [3.05, 3.63) is 35.5 Å². The maximum atomic E-state index is 13.7. The quantitative estimate of drug-likeness (QED) is 0.348. The first-order valence-electron chi connectivity index (χ1n) is 12.5. The molecule has 0 aliphatic heterocycles. The molecule has 0 atom stereocenters. The predicted molar refractivity (Wildman–Crippen MR) is 148 cm³/mol. The van der Waals surface area contributed by atoms with Crippen molar-refractivity contribution in [1.29, 1.82) is 0 Å². The number of nitrogens with one attached hydrogen (secondary N) is 2. The van der Waals surface area contributed by atoms with Gasteiger partial charge in [-0.15, -0.1) is 21.5 Å². The van der Waals surface area contributed by atoms with Crippen molar-refractivity contribution in [3.8, 4) is 33.3 Å². The fourth-order valence-corrected chi connectivity index (χ4v) is 7.51. The van der Waals surface area contributed by atoms with Gasteiger partial charge in [-0.3, -0.25) is 0 Å². The highest BCUT2D eigenvalue weighted by molar-refractivity contribution is 7.89. The molecule has 0 bridgehead atoms. The highest BCUT2D eigenvalue weighted by Gasteiger charge is 2.29. The summed E-state index contributed by atoms with van der Waals surface area (Å²) in [4.78, 5) is 16.4. The number of hydrogen-bond donors (Lipinski definition) is 3. The van der Waals surface area contributed by atoms with Crippen LogP contribution in [0.3, 0.4) is 0 Å². The smallest absolute Gasteiger partial charge is 0.404 e. The minimum atomic E-state index is -3.94. The number of benzene rings is 1. The van der Waals surface area contributed by atoms with Crippen LogP contribution in [0.4, 0.5) is 4.79 Å². The zero-order chi connectivity index (χ0) is 28.4. The summed E-state index contributed by atoms with van der Waals surface area (Å²) in [6, 6.07) is 6.78. The Bertz CT molecular complexity index is 1440. The van der Waals surface area contributed by atoms with Crippen molar-refractivity contribution in [2.75, 3.05) is 14.2 Å². The molecule has 1 aromatic carbocycles. The molecule has 11 nitrogen and oxygen atoms in total. The summed E-state index contributed by atoms with van der Waals surface area (Å²) in [7, 11) is -0.995. The standard InChI is InChI=1S/C26H33N5O6S2/c1-26(2,3)31-39(34,35)21-12-16(19-13-22(36-4)29-30-23(19)37-5)8-11-18(21)20-14-27-24(38-20)15-6-9-17(10-7-15)28-25(32)33/h8,11-15,17,28,31H,6-7,9-10H2,1-5H3,(H,32,33). The van der Waals surface area contributed by atoms with Crippen LogP contribution in [0.15, 0.2) is 35.4 Å². The molecule has 210 valence electrons. The van der Waals surface area contributed by atoms with Crippen molar-refractivity contribution < 1.29 is 27.8 Å². The number of nitrogens with zero attached hydrogens (tertiary/aromatic N) is 3. The Morgan fingerprint density at radius 1 is 1.05 bits per heavy atom. The normalized spacial score (nSPS) is 18.0. The third-order valence-electron chi connectivity index (χ3n) is 6.36. The minimum Gasteiger partial charge on any atom is -0.480 e. The molecule has 1 aliphatic carbocycles. The van der Waals surface area contributed by atoms with Crippen molar-refractivity contribution in [2.45, 2.75) is 68.8 Å². The van der Waals surface area contributed by atoms with Gasteiger partial charge in [0, 0.05) is 35.3 Å². The van der Waals surface area contributed by atoms with E-state index < -0.39 is 21.7 Å². The van der Waals surface area contributed by atoms with Crippen molar-refractivity contribution in [2.24, 2.45) is 0 Å². The van der Waals surface area contributed by atoms with E-state index in [4.69, 9.17) is 14.6 Å². The number of amides is 1. The molecular weight excluding hydrogens is 542 g/mol. The second-order valence-corrected chi connectivity index (χ2v) is 13.1. The van der Waals surface area contributed by atoms with Crippen LogP contribution in [0.5, 0.6) is 11.8 Å². The van der Waals surface area contributed by atoms with Gasteiger partial charge in [0.25, 0.3) is 0 Å². The molecule has 1 saturated carbocycles. The lowest BCUT2D eigenvalue weighted by Gasteiger charge is -2.27. The van der Waals surface area contributed by atoms with E-state index in [9.17, 15) is 13.2 Å². The first-order valence-corrected chi connectivity index (χ1v) is 14.8. The zero-order valence-corrected chi connectivity index (χ0v) is 24.1. The lowest BCUT2D eigenvalue weighted by atomic mass is 9.86.